The van der Waals surface area contributed by atoms with Crippen molar-refractivity contribution in [3.8, 4) is 0 Å². The summed E-state index contributed by atoms with van der Waals surface area (Å²) in [4.78, 5) is 12.2. The minimum Gasteiger partial charge on any atom is -0.294 e. The van der Waals surface area contributed by atoms with E-state index in [0.717, 1.165) is 16.7 Å². The van der Waals surface area contributed by atoms with Gasteiger partial charge in [0.15, 0.2) is 5.78 Å². The number of carbonyl (C=O) groups excluding carboxylic acids is 1. The van der Waals surface area contributed by atoms with Crippen LogP contribution >= 0.6 is 0 Å². The summed E-state index contributed by atoms with van der Waals surface area (Å²) in [7, 11) is 0. The van der Waals surface area contributed by atoms with Gasteiger partial charge < -0.3 is 0 Å². The van der Waals surface area contributed by atoms with Gasteiger partial charge in [-0.1, -0.05) is 24.3 Å². The standard InChI is InChI=1S/C14H16O/c1-9-10(2)13(15)14(3,4)12-8-6-5-7-11(9)12/h5-8H,1-4H3. The Labute approximate surface area is 90.8 Å². The zero-order valence-electron chi connectivity index (χ0n) is 9.72. The number of Topliss-reactive ketones (excluding diaryl/α,β-unsaturated/α-hetero) is 1. The molecule has 1 aliphatic rings. The molecule has 15 heavy (non-hydrogen) atoms. The molecule has 0 atom stereocenters. The van der Waals surface area contributed by atoms with Crippen molar-refractivity contribution >= 4 is 11.4 Å². The Hall–Kier alpha value is -1.37. The van der Waals surface area contributed by atoms with Crippen molar-refractivity contribution in [3.63, 3.8) is 0 Å². The van der Waals surface area contributed by atoms with Crippen LogP contribution in [-0.4, -0.2) is 5.78 Å². The maximum absolute atomic E-state index is 12.2. The molecule has 0 radical (unpaired) electrons. The van der Waals surface area contributed by atoms with Gasteiger partial charge in [-0.2, -0.15) is 0 Å². The molecule has 1 aromatic carbocycles. The van der Waals surface area contributed by atoms with Gasteiger partial charge in [0.2, 0.25) is 0 Å². The molecular weight excluding hydrogens is 184 g/mol. The molecule has 0 fully saturated rings. The number of rotatable bonds is 0. The van der Waals surface area contributed by atoms with Gasteiger partial charge in [-0.15, -0.1) is 0 Å². The molecule has 0 unspecified atom stereocenters. The average Bonchev–Trinajstić information content (AvgIpc) is 2.24. The first-order valence-electron chi connectivity index (χ1n) is 5.28. The summed E-state index contributed by atoms with van der Waals surface area (Å²) in [6.07, 6.45) is 0. The molecule has 78 valence electrons. The van der Waals surface area contributed by atoms with Crippen LogP contribution in [0.2, 0.25) is 0 Å². The van der Waals surface area contributed by atoms with Crippen LogP contribution in [0.3, 0.4) is 0 Å². The molecule has 0 saturated heterocycles. The molecule has 0 spiro atoms. The second-order valence-electron chi connectivity index (χ2n) is 4.75. The Bertz CT molecular complexity index is 464. The fourth-order valence-electron chi connectivity index (χ4n) is 2.32. The fourth-order valence-corrected chi connectivity index (χ4v) is 2.32. The van der Waals surface area contributed by atoms with E-state index in [9.17, 15) is 4.79 Å². The normalized spacial score (nSPS) is 19.1. The van der Waals surface area contributed by atoms with Crippen molar-refractivity contribution in [1.82, 2.24) is 0 Å². The van der Waals surface area contributed by atoms with E-state index in [0.29, 0.717) is 0 Å². The largest absolute Gasteiger partial charge is 0.294 e. The summed E-state index contributed by atoms with van der Waals surface area (Å²) in [5.41, 5.74) is 4.02. The van der Waals surface area contributed by atoms with Crippen molar-refractivity contribution in [2.45, 2.75) is 33.1 Å². The van der Waals surface area contributed by atoms with Crippen molar-refractivity contribution in [2.75, 3.05) is 0 Å². The van der Waals surface area contributed by atoms with Crippen LogP contribution < -0.4 is 0 Å². The van der Waals surface area contributed by atoms with E-state index < -0.39 is 0 Å². The molecule has 1 aromatic rings. The van der Waals surface area contributed by atoms with Crippen LogP contribution in [0.15, 0.2) is 29.8 Å². The zero-order chi connectivity index (χ0) is 11.2. The van der Waals surface area contributed by atoms with Crippen LogP contribution in [0, 0.1) is 0 Å². The molecule has 0 bridgehead atoms. The van der Waals surface area contributed by atoms with Gasteiger partial charge in [0.25, 0.3) is 0 Å². The molecule has 0 N–H and O–H groups in total. The zero-order valence-corrected chi connectivity index (χ0v) is 9.72. The molecule has 1 nitrogen and oxygen atoms in total. The fraction of sp³-hybridized carbons (Fsp3) is 0.357. The van der Waals surface area contributed by atoms with Crippen LogP contribution in [-0.2, 0) is 10.2 Å². The van der Waals surface area contributed by atoms with Gasteiger partial charge in [-0.25, -0.2) is 0 Å². The number of allylic oxidation sites excluding steroid dienone is 2. The van der Waals surface area contributed by atoms with Gasteiger partial charge in [0, 0.05) is 0 Å². The highest BCUT2D eigenvalue weighted by atomic mass is 16.1. The average molecular weight is 200 g/mol. The van der Waals surface area contributed by atoms with Crippen molar-refractivity contribution < 1.29 is 4.79 Å². The highest BCUT2D eigenvalue weighted by molar-refractivity contribution is 6.11. The van der Waals surface area contributed by atoms with Crippen LogP contribution in [0.1, 0.15) is 38.8 Å². The SMILES string of the molecule is CC1=C(C)c2ccccc2C(C)(C)C1=O. The minimum absolute atomic E-state index is 0.249. The van der Waals surface area contributed by atoms with Crippen LogP contribution in [0.4, 0.5) is 0 Å². The molecule has 0 amide bonds. The Morgan fingerprint density at radius 2 is 1.60 bits per heavy atom. The predicted octanol–water partition coefficient (Wildman–Crippen LogP) is 3.34. The maximum atomic E-state index is 12.2. The highest BCUT2D eigenvalue weighted by Crippen LogP contribution is 2.39. The number of benzene rings is 1. The molecule has 0 aliphatic heterocycles. The van der Waals surface area contributed by atoms with E-state index in [1.807, 2.05) is 39.8 Å². The van der Waals surface area contributed by atoms with Gasteiger partial charge in [0.05, 0.1) is 5.41 Å². The molecule has 0 aromatic heterocycles. The first kappa shape index (κ1) is 10.2. The van der Waals surface area contributed by atoms with Crippen molar-refractivity contribution in [1.29, 1.82) is 0 Å². The number of fused-ring (bicyclic) bond motifs is 1. The first-order valence-corrected chi connectivity index (χ1v) is 5.28. The molecule has 0 heterocycles. The van der Waals surface area contributed by atoms with E-state index in [4.69, 9.17) is 0 Å². The third kappa shape index (κ3) is 1.26. The third-order valence-corrected chi connectivity index (χ3v) is 3.48. The van der Waals surface area contributed by atoms with Crippen LogP contribution in [0.25, 0.3) is 5.57 Å². The molecule has 1 aliphatic carbocycles. The lowest BCUT2D eigenvalue weighted by atomic mass is 9.70. The summed E-state index contributed by atoms with van der Waals surface area (Å²) in [5.74, 6) is 0.249. The quantitative estimate of drug-likeness (QED) is 0.627. The lowest BCUT2D eigenvalue weighted by Gasteiger charge is -2.32. The summed E-state index contributed by atoms with van der Waals surface area (Å²) < 4.78 is 0. The number of hydrogen-bond donors (Lipinski definition) is 0. The summed E-state index contributed by atoms with van der Waals surface area (Å²) >= 11 is 0. The maximum Gasteiger partial charge on any atom is 0.168 e. The monoisotopic (exact) mass is 200 g/mol. The van der Waals surface area contributed by atoms with E-state index in [-0.39, 0.29) is 11.2 Å². The first-order chi connectivity index (χ1) is 6.96. The molecule has 0 saturated carbocycles. The summed E-state index contributed by atoms with van der Waals surface area (Å²) in [5, 5.41) is 0. The van der Waals surface area contributed by atoms with E-state index in [1.165, 1.54) is 5.56 Å². The number of hydrogen-bond acceptors (Lipinski definition) is 1. The molecule has 1 heteroatoms. The second kappa shape index (κ2) is 3.06. The molecule has 2 rings (SSSR count). The van der Waals surface area contributed by atoms with Gasteiger partial charge >= 0.3 is 0 Å². The summed E-state index contributed by atoms with van der Waals surface area (Å²) in [6, 6.07) is 8.19. The minimum atomic E-state index is -0.375. The van der Waals surface area contributed by atoms with E-state index >= 15 is 0 Å². The van der Waals surface area contributed by atoms with Gasteiger partial charge in [0.1, 0.15) is 0 Å². The predicted molar refractivity (Wildman–Crippen MR) is 62.7 cm³/mol. The van der Waals surface area contributed by atoms with Gasteiger partial charge in [-0.3, -0.25) is 4.79 Å². The lowest BCUT2D eigenvalue weighted by molar-refractivity contribution is -0.119. The smallest absolute Gasteiger partial charge is 0.168 e. The van der Waals surface area contributed by atoms with E-state index in [1.54, 1.807) is 0 Å². The Balaban J connectivity index is 2.80. The number of ketones is 1. The Morgan fingerprint density at radius 1 is 1.00 bits per heavy atom. The van der Waals surface area contributed by atoms with Crippen LogP contribution in [0.5, 0.6) is 0 Å². The number of carbonyl (C=O) groups is 1. The highest BCUT2D eigenvalue weighted by Gasteiger charge is 2.36. The van der Waals surface area contributed by atoms with Gasteiger partial charge in [-0.05, 0) is 50.0 Å². The van der Waals surface area contributed by atoms with Crippen molar-refractivity contribution in [3.05, 3.63) is 41.0 Å². The summed E-state index contributed by atoms with van der Waals surface area (Å²) in [6.45, 7) is 7.96. The second-order valence-corrected chi connectivity index (χ2v) is 4.75. The molecular formula is C14H16O. The topological polar surface area (TPSA) is 17.1 Å². The lowest BCUT2D eigenvalue weighted by Crippen LogP contribution is -2.34. The van der Waals surface area contributed by atoms with Crippen molar-refractivity contribution in [2.24, 2.45) is 0 Å². The van der Waals surface area contributed by atoms with E-state index in [2.05, 4.69) is 12.1 Å². The Morgan fingerprint density at radius 3 is 2.27 bits per heavy atom. The Kier molecular flexibility index (Phi) is 2.07. The third-order valence-electron chi connectivity index (χ3n) is 3.48.